The van der Waals surface area contributed by atoms with Gasteiger partial charge in [0.15, 0.2) is 5.65 Å². The zero-order valence-corrected chi connectivity index (χ0v) is 24.5. The molecule has 1 amide bonds. The fraction of sp³-hybridized carbons (Fsp3) is 0.290. The average molecular weight is 576 g/mol. The minimum Gasteiger partial charge on any atom is -0.504 e. The molecule has 3 heterocycles. The lowest BCUT2D eigenvalue weighted by Gasteiger charge is -2.36. The molecule has 0 radical (unpaired) electrons. The van der Waals surface area contributed by atoms with Gasteiger partial charge < -0.3 is 19.1 Å². The van der Waals surface area contributed by atoms with Gasteiger partial charge in [0, 0.05) is 12.7 Å². The molecule has 1 aliphatic rings. The molecule has 0 unspecified atom stereocenters. The number of pyridine rings is 1. The fourth-order valence-electron chi connectivity index (χ4n) is 4.92. The summed E-state index contributed by atoms with van der Waals surface area (Å²) in [4.78, 5) is 19.1. The zero-order chi connectivity index (χ0) is 29.4. The second-order valence-corrected chi connectivity index (χ2v) is 12.6. The topological polar surface area (TPSA) is 100.0 Å². The molecule has 214 valence electrons. The molecule has 1 atom stereocenters. The number of fused-ring (bicyclic) bond motifs is 2. The summed E-state index contributed by atoms with van der Waals surface area (Å²) in [5, 5.41) is 0.518. The van der Waals surface area contributed by atoms with Crippen LogP contribution in [0.3, 0.4) is 0 Å². The van der Waals surface area contributed by atoms with Crippen molar-refractivity contribution in [3.63, 3.8) is 0 Å². The van der Waals surface area contributed by atoms with Crippen molar-refractivity contribution in [2.24, 2.45) is 0 Å². The second kappa shape index (κ2) is 10.9. The Morgan fingerprint density at radius 1 is 1.07 bits per heavy atom. The summed E-state index contributed by atoms with van der Waals surface area (Å²) >= 11 is 0. The minimum absolute atomic E-state index is 0.135. The van der Waals surface area contributed by atoms with Crippen LogP contribution in [0.4, 0.5) is 4.79 Å². The van der Waals surface area contributed by atoms with E-state index in [1.807, 2.05) is 45.9 Å². The summed E-state index contributed by atoms with van der Waals surface area (Å²) < 4.78 is 45.6. The van der Waals surface area contributed by atoms with Crippen molar-refractivity contribution in [2.75, 3.05) is 13.7 Å². The molecule has 0 N–H and O–H groups in total. The van der Waals surface area contributed by atoms with E-state index in [0.717, 1.165) is 11.1 Å². The van der Waals surface area contributed by atoms with Gasteiger partial charge in [0.1, 0.15) is 17.1 Å². The summed E-state index contributed by atoms with van der Waals surface area (Å²) in [6.07, 6.45) is 4.85. The van der Waals surface area contributed by atoms with Crippen molar-refractivity contribution in [2.45, 2.75) is 50.7 Å². The smallest absolute Gasteiger partial charge is 0.410 e. The number of nitrogens with zero attached hydrogens (tertiary/aromatic N) is 3. The van der Waals surface area contributed by atoms with Crippen LogP contribution in [-0.4, -0.2) is 47.6 Å². The molecule has 0 aliphatic carbocycles. The first-order valence-electron chi connectivity index (χ1n) is 13.3. The lowest BCUT2D eigenvalue weighted by atomic mass is 9.93. The zero-order valence-electron chi connectivity index (χ0n) is 23.7. The summed E-state index contributed by atoms with van der Waals surface area (Å²) in [5.41, 5.74) is 2.11. The molecule has 9 nitrogen and oxygen atoms in total. The number of rotatable bonds is 6. The molecule has 0 bridgehead atoms. The maximum atomic E-state index is 13.7. The van der Waals surface area contributed by atoms with Crippen molar-refractivity contribution in [1.29, 1.82) is 0 Å². The minimum atomic E-state index is -3.98. The van der Waals surface area contributed by atoms with Gasteiger partial charge in [-0.3, -0.25) is 0 Å². The van der Waals surface area contributed by atoms with Crippen LogP contribution in [0.2, 0.25) is 0 Å². The highest BCUT2D eigenvalue weighted by atomic mass is 32.2. The predicted molar refractivity (Wildman–Crippen MR) is 156 cm³/mol. The Kier molecular flexibility index (Phi) is 7.52. The first-order chi connectivity index (χ1) is 19.5. The molecule has 0 saturated heterocycles. The monoisotopic (exact) mass is 575 g/mol. The standard InChI is InChI=1S/C31H33N3O6S/c1-21-26-20-24(12-11-22(26)14-17-33(21)30(35)40-31(2,3)4)39-28-13-16-32-29-27(28)19-23(15-18-38-5)34(29)41(36,37)25-9-7-6-8-10-25/h6-13,15-16,18-21H,14,17H2,1-5H3/b18-15+/t21-/m0/s1. The number of hydrogen-bond acceptors (Lipinski definition) is 7. The normalized spacial score (nSPS) is 15.6. The molecule has 0 spiro atoms. The molecule has 1 aliphatic heterocycles. The van der Waals surface area contributed by atoms with E-state index in [1.165, 1.54) is 23.5 Å². The summed E-state index contributed by atoms with van der Waals surface area (Å²) in [5.74, 6) is 0.998. The summed E-state index contributed by atoms with van der Waals surface area (Å²) in [6.45, 7) is 8.09. The molecule has 2 aromatic carbocycles. The number of hydrogen-bond donors (Lipinski definition) is 0. The van der Waals surface area contributed by atoms with Gasteiger partial charge in [-0.05, 0) is 87.7 Å². The van der Waals surface area contributed by atoms with E-state index < -0.39 is 15.6 Å². The van der Waals surface area contributed by atoms with E-state index in [0.29, 0.717) is 35.5 Å². The lowest BCUT2D eigenvalue weighted by molar-refractivity contribution is 0.0159. The predicted octanol–water partition coefficient (Wildman–Crippen LogP) is 6.54. The number of aromatic nitrogens is 2. The molecule has 41 heavy (non-hydrogen) atoms. The molecular weight excluding hydrogens is 542 g/mol. The van der Waals surface area contributed by atoms with Gasteiger partial charge >= 0.3 is 6.09 Å². The summed E-state index contributed by atoms with van der Waals surface area (Å²) in [7, 11) is -2.49. The van der Waals surface area contributed by atoms with Crippen LogP contribution in [0.25, 0.3) is 17.1 Å². The Balaban J connectivity index is 1.53. The highest BCUT2D eigenvalue weighted by molar-refractivity contribution is 7.90. The third-order valence-electron chi connectivity index (χ3n) is 6.82. The van der Waals surface area contributed by atoms with Crippen molar-refractivity contribution in [3.8, 4) is 11.5 Å². The molecule has 4 aromatic rings. The Bertz CT molecular complexity index is 1720. The molecule has 0 saturated carbocycles. The number of ether oxygens (including phenoxy) is 3. The van der Waals surface area contributed by atoms with Crippen LogP contribution in [0.5, 0.6) is 11.5 Å². The fourth-order valence-corrected chi connectivity index (χ4v) is 6.39. The van der Waals surface area contributed by atoms with Crippen molar-refractivity contribution >= 4 is 33.2 Å². The van der Waals surface area contributed by atoms with Crippen molar-refractivity contribution < 1.29 is 27.4 Å². The van der Waals surface area contributed by atoms with Crippen LogP contribution in [-0.2, 0) is 25.9 Å². The maximum Gasteiger partial charge on any atom is 0.410 e. The van der Waals surface area contributed by atoms with E-state index >= 15 is 0 Å². The SMILES string of the molecule is CO/C=C/c1cc2c(Oc3ccc4c(c3)[C@H](C)N(C(=O)OC(C)(C)C)CC4)ccnc2n1S(=O)(=O)c1ccccc1. The van der Waals surface area contributed by atoms with Crippen molar-refractivity contribution in [3.05, 3.63) is 89.9 Å². The van der Waals surface area contributed by atoms with Gasteiger partial charge in [0.05, 0.1) is 35.4 Å². The molecule has 5 rings (SSSR count). The van der Waals surface area contributed by atoms with Gasteiger partial charge in [0.25, 0.3) is 10.0 Å². The molecule has 10 heteroatoms. The van der Waals surface area contributed by atoms with Gasteiger partial charge in [-0.1, -0.05) is 24.3 Å². The summed E-state index contributed by atoms with van der Waals surface area (Å²) in [6, 6.07) is 17.2. The number of amides is 1. The lowest BCUT2D eigenvalue weighted by Crippen LogP contribution is -2.42. The number of carbonyl (C=O) groups excluding carboxylic acids is 1. The molecule has 0 fully saturated rings. The third kappa shape index (κ3) is 5.65. The van der Waals surface area contributed by atoms with Crippen molar-refractivity contribution in [1.82, 2.24) is 13.9 Å². The number of methoxy groups -OCH3 is 1. The Morgan fingerprint density at radius 2 is 1.83 bits per heavy atom. The number of benzene rings is 2. The third-order valence-corrected chi connectivity index (χ3v) is 8.55. The van der Waals surface area contributed by atoms with E-state index in [4.69, 9.17) is 14.2 Å². The van der Waals surface area contributed by atoms with Gasteiger partial charge in [0.2, 0.25) is 0 Å². The highest BCUT2D eigenvalue weighted by Gasteiger charge is 2.31. The van der Waals surface area contributed by atoms with Crippen LogP contribution in [0, 0.1) is 0 Å². The second-order valence-electron chi connectivity index (χ2n) is 10.8. The van der Waals surface area contributed by atoms with Gasteiger partial charge in [-0.25, -0.2) is 22.2 Å². The van der Waals surface area contributed by atoms with E-state index in [2.05, 4.69) is 4.98 Å². The van der Waals surface area contributed by atoms with Crippen LogP contribution in [0.15, 0.2) is 78.0 Å². The first kappa shape index (κ1) is 28.2. The van der Waals surface area contributed by atoms with E-state index in [1.54, 1.807) is 53.4 Å². The maximum absolute atomic E-state index is 13.7. The Morgan fingerprint density at radius 3 is 2.54 bits per heavy atom. The van der Waals surface area contributed by atoms with Gasteiger partial charge in [-0.2, -0.15) is 0 Å². The number of carbonyl (C=O) groups is 1. The van der Waals surface area contributed by atoms with Gasteiger partial charge in [-0.15, -0.1) is 0 Å². The quantitative estimate of drug-likeness (QED) is 0.241. The van der Waals surface area contributed by atoms with Crippen LogP contribution in [0.1, 0.15) is 50.6 Å². The van der Waals surface area contributed by atoms with Crippen LogP contribution >= 0.6 is 0 Å². The van der Waals surface area contributed by atoms with E-state index in [-0.39, 0.29) is 22.7 Å². The Hall–Kier alpha value is -4.31. The largest absolute Gasteiger partial charge is 0.504 e. The molecule has 2 aromatic heterocycles. The Labute approximate surface area is 240 Å². The first-order valence-corrected chi connectivity index (χ1v) is 14.7. The van der Waals surface area contributed by atoms with E-state index in [9.17, 15) is 13.2 Å². The highest BCUT2D eigenvalue weighted by Crippen LogP contribution is 2.37. The van der Waals surface area contributed by atoms with Crippen LogP contribution < -0.4 is 4.74 Å². The molecular formula is C31H33N3O6S. The average Bonchev–Trinajstić information content (AvgIpc) is 3.32.